The van der Waals surface area contributed by atoms with Gasteiger partial charge in [0.05, 0.1) is 23.5 Å². The fourth-order valence-corrected chi connectivity index (χ4v) is 3.59. The lowest BCUT2D eigenvalue weighted by molar-refractivity contribution is -0.115. The Hall–Kier alpha value is -4.92. The molecule has 0 aliphatic heterocycles. The molecule has 4 rings (SSSR count). The second-order valence-corrected chi connectivity index (χ2v) is 7.93. The maximum atomic E-state index is 15.4. The van der Waals surface area contributed by atoms with Gasteiger partial charge in [-0.15, -0.1) is 0 Å². The van der Waals surface area contributed by atoms with E-state index in [4.69, 9.17) is 5.11 Å². The van der Waals surface area contributed by atoms with E-state index < -0.39 is 30.0 Å². The normalized spacial score (nSPS) is 10.5. The number of nitrogens with one attached hydrogen (secondary N) is 2. The van der Waals surface area contributed by atoms with Crippen LogP contribution in [0.2, 0.25) is 0 Å². The first-order valence-electron chi connectivity index (χ1n) is 10.9. The molecule has 36 heavy (non-hydrogen) atoms. The van der Waals surface area contributed by atoms with Crippen molar-refractivity contribution in [2.24, 2.45) is 0 Å². The molecule has 3 aromatic carbocycles. The Morgan fingerprint density at radius 3 is 2.31 bits per heavy atom. The van der Waals surface area contributed by atoms with Crippen LogP contribution >= 0.6 is 0 Å². The number of anilines is 2. The van der Waals surface area contributed by atoms with Gasteiger partial charge in [-0.25, -0.2) is 9.18 Å². The molecule has 1 heterocycles. The molecule has 0 saturated carbocycles. The van der Waals surface area contributed by atoms with E-state index in [0.717, 1.165) is 5.69 Å². The van der Waals surface area contributed by atoms with Crippen LogP contribution in [0.3, 0.4) is 0 Å². The Bertz CT molecular complexity index is 1440. The molecule has 0 bridgehead atoms. The van der Waals surface area contributed by atoms with E-state index in [1.807, 2.05) is 6.92 Å². The van der Waals surface area contributed by atoms with Crippen LogP contribution in [0.1, 0.15) is 22.5 Å². The molecule has 4 aromatic rings. The number of hydrogen-bond acceptors (Lipinski definition) is 5. The van der Waals surface area contributed by atoms with Crippen LogP contribution in [0.15, 0.2) is 78.9 Å². The summed E-state index contributed by atoms with van der Waals surface area (Å²) in [6.45, 7) is 1.81. The van der Waals surface area contributed by atoms with E-state index in [0.29, 0.717) is 16.8 Å². The lowest BCUT2D eigenvalue weighted by atomic mass is 10.0. The van der Waals surface area contributed by atoms with Crippen molar-refractivity contribution in [2.75, 3.05) is 10.6 Å². The predicted octanol–water partition coefficient (Wildman–Crippen LogP) is 5.56. The SMILES string of the molecule is Cc1ccc(-c2cccc(C(=O)CC(=O)Nc3c(NC(=O)O)ccc(-c4ccccc4)c3F)c2)nn1. The summed E-state index contributed by atoms with van der Waals surface area (Å²) >= 11 is 0. The van der Waals surface area contributed by atoms with Crippen LogP contribution in [0, 0.1) is 12.7 Å². The first-order chi connectivity index (χ1) is 17.3. The van der Waals surface area contributed by atoms with Crippen molar-refractivity contribution >= 4 is 29.2 Å². The number of amides is 2. The maximum Gasteiger partial charge on any atom is 0.409 e. The highest BCUT2D eigenvalue weighted by molar-refractivity contribution is 6.12. The Labute approximate surface area is 205 Å². The number of Topliss-reactive ketones (excluding diaryl/α,β-unsaturated/α-hetero) is 1. The van der Waals surface area contributed by atoms with Gasteiger partial charge >= 0.3 is 6.09 Å². The summed E-state index contributed by atoms with van der Waals surface area (Å²) in [5.74, 6) is -2.12. The molecule has 0 atom stereocenters. The number of rotatable bonds is 7. The zero-order valence-corrected chi connectivity index (χ0v) is 19.2. The van der Waals surface area contributed by atoms with Gasteiger partial charge in [0.25, 0.3) is 0 Å². The molecule has 1 aromatic heterocycles. The average Bonchev–Trinajstić information content (AvgIpc) is 2.87. The second kappa shape index (κ2) is 10.6. The number of aromatic nitrogens is 2. The largest absolute Gasteiger partial charge is 0.465 e. The number of carbonyl (C=O) groups excluding carboxylic acids is 2. The molecule has 0 aliphatic carbocycles. The van der Waals surface area contributed by atoms with Gasteiger partial charge in [0.2, 0.25) is 5.91 Å². The van der Waals surface area contributed by atoms with Crippen molar-refractivity contribution in [2.45, 2.75) is 13.3 Å². The van der Waals surface area contributed by atoms with E-state index in [9.17, 15) is 14.4 Å². The minimum atomic E-state index is -1.43. The molecule has 0 radical (unpaired) electrons. The Balaban J connectivity index is 1.57. The van der Waals surface area contributed by atoms with Crippen molar-refractivity contribution in [1.82, 2.24) is 10.2 Å². The van der Waals surface area contributed by atoms with E-state index in [1.165, 1.54) is 12.1 Å². The lowest BCUT2D eigenvalue weighted by Gasteiger charge is -2.15. The third-order valence-electron chi connectivity index (χ3n) is 5.33. The minimum absolute atomic E-state index is 0.152. The molecular weight excluding hydrogens is 463 g/mol. The molecule has 0 unspecified atom stereocenters. The highest BCUT2D eigenvalue weighted by Gasteiger charge is 2.20. The summed E-state index contributed by atoms with van der Waals surface area (Å²) in [5.41, 5.74) is 2.45. The highest BCUT2D eigenvalue weighted by Crippen LogP contribution is 2.34. The molecule has 2 amide bonds. The Morgan fingerprint density at radius 1 is 0.861 bits per heavy atom. The van der Waals surface area contributed by atoms with Crippen LogP contribution in [0.4, 0.5) is 20.6 Å². The van der Waals surface area contributed by atoms with Gasteiger partial charge in [0.1, 0.15) is 5.69 Å². The summed E-state index contributed by atoms with van der Waals surface area (Å²) < 4.78 is 15.4. The van der Waals surface area contributed by atoms with E-state index >= 15 is 4.39 Å². The number of ketones is 1. The third kappa shape index (κ3) is 5.58. The van der Waals surface area contributed by atoms with Gasteiger partial charge in [-0.2, -0.15) is 10.2 Å². The molecule has 8 nitrogen and oxygen atoms in total. The molecule has 3 N–H and O–H groups in total. The fraction of sp³-hybridized carbons (Fsp3) is 0.0741. The van der Waals surface area contributed by atoms with Gasteiger partial charge in [0.15, 0.2) is 11.6 Å². The van der Waals surface area contributed by atoms with Gasteiger partial charge in [0, 0.05) is 16.7 Å². The first-order valence-corrected chi connectivity index (χ1v) is 10.9. The number of hydrogen-bond donors (Lipinski definition) is 3. The van der Waals surface area contributed by atoms with Crippen LogP contribution in [-0.4, -0.2) is 33.1 Å². The van der Waals surface area contributed by atoms with Crippen molar-refractivity contribution in [3.05, 3.63) is 95.9 Å². The molecule has 0 saturated heterocycles. The topological polar surface area (TPSA) is 121 Å². The summed E-state index contributed by atoms with van der Waals surface area (Å²) in [5, 5.41) is 21.7. The molecule has 0 spiro atoms. The first kappa shape index (κ1) is 24.2. The summed E-state index contributed by atoms with van der Waals surface area (Å²) in [7, 11) is 0. The van der Waals surface area contributed by atoms with Crippen LogP contribution in [0.5, 0.6) is 0 Å². The van der Waals surface area contributed by atoms with E-state index in [-0.39, 0.29) is 22.5 Å². The van der Waals surface area contributed by atoms with Gasteiger partial charge < -0.3 is 10.4 Å². The maximum absolute atomic E-state index is 15.4. The number of halogens is 1. The minimum Gasteiger partial charge on any atom is -0.465 e. The number of carboxylic acid groups (broad SMARTS) is 1. The Kier molecular flexibility index (Phi) is 7.10. The van der Waals surface area contributed by atoms with Crippen molar-refractivity contribution < 1.29 is 23.9 Å². The summed E-state index contributed by atoms with van der Waals surface area (Å²) in [6, 6.07) is 21.5. The van der Waals surface area contributed by atoms with E-state index in [1.54, 1.807) is 66.7 Å². The monoisotopic (exact) mass is 484 g/mol. The number of benzene rings is 3. The summed E-state index contributed by atoms with van der Waals surface area (Å²) in [4.78, 5) is 36.7. The standard InChI is InChI=1S/C27H21FN4O4/c1-16-10-12-21(32-31-16)18-8-5-9-19(14-18)23(33)15-24(34)30-26-22(29-27(35)36)13-11-20(25(26)28)17-6-3-2-4-7-17/h2-14,29H,15H2,1H3,(H,30,34)(H,35,36). The molecule has 9 heteroatoms. The van der Waals surface area contributed by atoms with Crippen molar-refractivity contribution in [3.8, 4) is 22.4 Å². The predicted molar refractivity (Wildman–Crippen MR) is 133 cm³/mol. The molecule has 180 valence electrons. The van der Waals surface area contributed by atoms with E-state index in [2.05, 4.69) is 20.8 Å². The number of carbonyl (C=O) groups is 3. The lowest BCUT2D eigenvalue weighted by Crippen LogP contribution is -2.19. The zero-order chi connectivity index (χ0) is 25.7. The van der Waals surface area contributed by atoms with Crippen LogP contribution in [0.25, 0.3) is 22.4 Å². The van der Waals surface area contributed by atoms with Crippen LogP contribution < -0.4 is 10.6 Å². The fourth-order valence-electron chi connectivity index (χ4n) is 3.59. The average molecular weight is 484 g/mol. The van der Waals surface area contributed by atoms with Gasteiger partial charge in [-0.3, -0.25) is 14.9 Å². The van der Waals surface area contributed by atoms with Gasteiger partial charge in [-0.1, -0.05) is 48.5 Å². The Morgan fingerprint density at radius 2 is 1.61 bits per heavy atom. The quantitative estimate of drug-likeness (QED) is 0.233. The molecular formula is C27H21FN4O4. The highest BCUT2D eigenvalue weighted by atomic mass is 19.1. The number of aryl methyl sites for hydroxylation is 1. The van der Waals surface area contributed by atoms with Gasteiger partial charge in [-0.05, 0) is 42.8 Å². The third-order valence-corrected chi connectivity index (χ3v) is 5.33. The molecule has 0 fully saturated rings. The van der Waals surface area contributed by atoms with Crippen molar-refractivity contribution in [3.63, 3.8) is 0 Å². The zero-order valence-electron chi connectivity index (χ0n) is 19.2. The summed E-state index contributed by atoms with van der Waals surface area (Å²) in [6.07, 6.45) is -2.01. The number of nitrogens with zero attached hydrogens (tertiary/aromatic N) is 2. The van der Waals surface area contributed by atoms with Crippen LogP contribution in [-0.2, 0) is 4.79 Å². The smallest absolute Gasteiger partial charge is 0.409 e. The van der Waals surface area contributed by atoms with Crippen molar-refractivity contribution in [1.29, 1.82) is 0 Å². The molecule has 0 aliphatic rings. The second-order valence-electron chi connectivity index (χ2n) is 7.93.